The molecule has 2 N–H and O–H groups in total. The van der Waals surface area contributed by atoms with Gasteiger partial charge in [0.2, 0.25) is 0 Å². The molecular formula is C13H14ClNO4. The predicted octanol–water partition coefficient (Wildman–Crippen LogP) is 1.62. The van der Waals surface area contributed by atoms with E-state index >= 15 is 0 Å². The van der Waals surface area contributed by atoms with Crippen molar-refractivity contribution in [3.63, 3.8) is 0 Å². The van der Waals surface area contributed by atoms with Gasteiger partial charge in [0.1, 0.15) is 0 Å². The molecule has 0 aromatic heterocycles. The van der Waals surface area contributed by atoms with Crippen LogP contribution in [0.2, 0.25) is 5.02 Å². The lowest BCUT2D eigenvalue weighted by Crippen LogP contribution is -2.55. The Morgan fingerprint density at radius 1 is 1.42 bits per heavy atom. The number of carboxylic acids is 1. The molecule has 0 aliphatic carbocycles. The van der Waals surface area contributed by atoms with Crippen LogP contribution in [0.1, 0.15) is 22.3 Å². The molecule has 0 bridgehead atoms. The number of benzene rings is 1. The van der Waals surface area contributed by atoms with Crippen LogP contribution < -0.4 is 5.32 Å². The first-order valence-electron chi connectivity index (χ1n) is 5.84. The van der Waals surface area contributed by atoms with Crippen molar-refractivity contribution in [3.8, 4) is 0 Å². The number of carbonyl (C=O) groups is 2. The summed E-state index contributed by atoms with van der Waals surface area (Å²) in [5.41, 5.74) is -0.157. The minimum atomic E-state index is -1.34. The molecule has 1 amide bonds. The van der Waals surface area contributed by atoms with Gasteiger partial charge in [-0.25, -0.2) is 4.79 Å². The smallest absolute Gasteiger partial charge is 0.331 e. The third-order valence-electron chi connectivity index (χ3n) is 3.09. The fraction of sp³-hybridized carbons (Fsp3) is 0.385. The van der Waals surface area contributed by atoms with Crippen LogP contribution in [-0.4, -0.2) is 35.7 Å². The van der Waals surface area contributed by atoms with Gasteiger partial charge in [-0.05, 0) is 30.7 Å². The summed E-state index contributed by atoms with van der Waals surface area (Å²) in [7, 11) is 0. The highest BCUT2D eigenvalue weighted by atomic mass is 35.5. The molecule has 0 spiro atoms. The lowest BCUT2D eigenvalue weighted by atomic mass is 9.98. The van der Waals surface area contributed by atoms with Crippen molar-refractivity contribution in [1.29, 1.82) is 0 Å². The molecule has 5 nitrogen and oxygen atoms in total. The summed E-state index contributed by atoms with van der Waals surface area (Å²) < 4.78 is 5.08. The third kappa shape index (κ3) is 2.88. The van der Waals surface area contributed by atoms with E-state index in [1.54, 1.807) is 12.1 Å². The maximum absolute atomic E-state index is 12.1. The summed E-state index contributed by atoms with van der Waals surface area (Å²) >= 11 is 5.89. The van der Waals surface area contributed by atoms with E-state index in [9.17, 15) is 14.7 Å². The number of carbonyl (C=O) groups excluding carboxylic acids is 1. The monoisotopic (exact) mass is 283 g/mol. The van der Waals surface area contributed by atoms with E-state index in [-0.39, 0.29) is 13.0 Å². The van der Waals surface area contributed by atoms with Gasteiger partial charge in [-0.3, -0.25) is 4.79 Å². The zero-order chi connectivity index (χ0) is 14.0. The average molecular weight is 284 g/mol. The van der Waals surface area contributed by atoms with Gasteiger partial charge in [0.05, 0.1) is 6.61 Å². The fourth-order valence-electron chi connectivity index (χ4n) is 2.04. The first-order chi connectivity index (χ1) is 8.93. The molecule has 1 saturated heterocycles. The largest absolute Gasteiger partial charge is 0.479 e. The Hall–Kier alpha value is -1.59. The van der Waals surface area contributed by atoms with E-state index in [1.807, 2.05) is 6.92 Å². The van der Waals surface area contributed by atoms with E-state index < -0.39 is 17.4 Å². The van der Waals surface area contributed by atoms with Gasteiger partial charge in [0, 0.05) is 23.6 Å². The Labute approximate surface area is 115 Å². The predicted molar refractivity (Wildman–Crippen MR) is 69.5 cm³/mol. The second-order valence-electron chi connectivity index (χ2n) is 4.66. The van der Waals surface area contributed by atoms with Crippen molar-refractivity contribution in [2.24, 2.45) is 0 Å². The minimum absolute atomic E-state index is 0.0202. The summed E-state index contributed by atoms with van der Waals surface area (Å²) in [6, 6.07) is 4.89. The molecule has 1 fully saturated rings. The highest BCUT2D eigenvalue weighted by Crippen LogP contribution is 2.21. The van der Waals surface area contributed by atoms with Crippen LogP contribution in [0.4, 0.5) is 0 Å². The standard InChI is InChI=1S/C13H14ClNO4/c1-8-4-9(6-10(14)5-8)11(16)15-13(12(17)18)2-3-19-7-13/h4-6H,2-3,7H2,1H3,(H,15,16)(H,17,18). The van der Waals surface area contributed by atoms with Crippen LogP contribution in [0, 0.1) is 6.92 Å². The maximum atomic E-state index is 12.1. The summed E-state index contributed by atoms with van der Waals surface area (Å²) in [5.74, 6) is -1.55. The van der Waals surface area contributed by atoms with Crippen LogP contribution in [0.25, 0.3) is 0 Å². The molecule has 1 aromatic rings. The Balaban J connectivity index is 2.22. The summed E-state index contributed by atoms with van der Waals surface area (Å²) in [5, 5.41) is 12.2. The van der Waals surface area contributed by atoms with Gasteiger partial charge < -0.3 is 15.2 Å². The highest BCUT2D eigenvalue weighted by molar-refractivity contribution is 6.31. The molecule has 19 heavy (non-hydrogen) atoms. The Bertz CT molecular complexity index is 503. The lowest BCUT2D eigenvalue weighted by molar-refractivity contribution is -0.144. The van der Waals surface area contributed by atoms with Gasteiger partial charge in [-0.1, -0.05) is 11.6 Å². The van der Waals surface area contributed by atoms with E-state index in [0.29, 0.717) is 17.2 Å². The number of carboxylic acid groups (broad SMARTS) is 1. The number of hydrogen-bond donors (Lipinski definition) is 2. The topological polar surface area (TPSA) is 75.6 Å². The first kappa shape index (κ1) is 13.8. The van der Waals surface area contributed by atoms with E-state index in [1.165, 1.54) is 6.07 Å². The molecule has 1 heterocycles. The van der Waals surface area contributed by atoms with E-state index in [2.05, 4.69) is 5.32 Å². The van der Waals surface area contributed by atoms with Crippen LogP contribution in [0.15, 0.2) is 18.2 Å². The molecule has 2 rings (SSSR count). The average Bonchev–Trinajstić information content (AvgIpc) is 2.77. The molecule has 1 aliphatic heterocycles. The van der Waals surface area contributed by atoms with Gasteiger partial charge in [0.15, 0.2) is 5.54 Å². The highest BCUT2D eigenvalue weighted by Gasteiger charge is 2.44. The number of amides is 1. The molecule has 6 heteroatoms. The first-order valence-corrected chi connectivity index (χ1v) is 6.22. The van der Waals surface area contributed by atoms with Crippen molar-refractivity contribution >= 4 is 23.5 Å². The zero-order valence-corrected chi connectivity index (χ0v) is 11.2. The van der Waals surface area contributed by atoms with Crippen molar-refractivity contribution in [2.75, 3.05) is 13.2 Å². The van der Waals surface area contributed by atoms with E-state index in [4.69, 9.17) is 16.3 Å². The molecule has 1 aliphatic rings. The molecule has 1 atom stereocenters. The van der Waals surface area contributed by atoms with Crippen molar-refractivity contribution in [3.05, 3.63) is 34.3 Å². The fourth-order valence-corrected chi connectivity index (χ4v) is 2.33. The number of ether oxygens (including phenoxy) is 1. The molecule has 1 unspecified atom stereocenters. The van der Waals surface area contributed by atoms with Crippen molar-refractivity contribution in [1.82, 2.24) is 5.32 Å². The molecule has 0 radical (unpaired) electrons. The minimum Gasteiger partial charge on any atom is -0.479 e. The van der Waals surface area contributed by atoms with Gasteiger partial charge in [-0.2, -0.15) is 0 Å². The normalized spacial score (nSPS) is 22.2. The van der Waals surface area contributed by atoms with Gasteiger partial charge >= 0.3 is 5.97 Å². The zero-order valence-electron chi connectivity index (χ0n) is 10.4. The lowest BCUT2D eigenvalue weighted by Gasteiger charge is -2.23. The maximum Gasteiger partial charge on any atom is 0.331 e. The molecular weight excluding hydrogens is 270 g/mol. The molecule has 0 saturated carbocycles. The van der Waals surface area contributed by atoms with Crippen LogP contribution in [-0.2, 0) is 9.53 Å². The number of hydrogen-bond acceptors (Lipinski definition) is 3. The van der Waals surface area contributed by atoms with Crippen molar-refractivity contribution < 1.29 is 19.4 Å². The number of nitrogens with one attached hydrogen (secondary N) is 1. The van der Waals surface area contributed by atoms with Gasteiger partial charge in [-0.15, -0.1) is 0 Å². The quantitative estimate of drug-likeness (QED) is 0.884. The molecule has 102 valence electrons. The van der Waals surface area contributed by atoms with Crippen LogP contribution >= 0.6 is 11.6 Å². The summed E-state index contributed by atoms with van der Waals surface area (Å²) in [6.07, 6.45) is 0.258. The summed E-state index contributed by atoms with van der Waals surface area (Å²) in [4.78, 5) is 23.4. The van der Waals surface area contributed by atoms with Gasteiger partial charge in [0.25, 0.3) is 5.91 Å². The number of rotatable bonds is 3. The number of aliphatic carboxylic acids is 1. The van der Waals surface area contributed by atoms with Crippen LogP contribution in [0.5, 0.6) is 0 Å². The van der Waals surface area contributed by atoms with Crippen molar-refractivity contribution in [2.45, 2.75) is 18.9 Å². The second-order valence-corrected chi connectivity index (χ2v) is 5.10. The summed E-state index contributed by atoms with van der Waals surface area (Å²) in [6.45, 7) is 2.11. The Kier molecular flexibility index (Phi) is 3.78. The molecule has 1 aromatic carbocycles. The van der Waals surface area contributed by atoms with E-state index in [0.717, 1.165) is 5.56 Å². The number of aryl methyl sites for hydroxylation is 1. The SMILES string of the molecule is Cc1cc(Cl)cc(C(=O)NC2(C(=O)O)CCOC2)c1. The Morgan fingerprint density at radius 3 is 2.68 bits per heavy atom. The third-order valence-corrected chi connectivity index (χ3v) is 3.31. The van der Waals surface area contributed by atoms with Crippen LogP contribution in [0.3, 0.4) is 0 Å². The second kappa shape index (κ2) is 5.19. The number of halogens is 1. The Morgan fingerprint density at radius 2 is 2.16 bits per heavy atom.